The first-order valence-corrected chi connectivity index (χ1v) is 34.0. The van der Waals surface area contributed by atoms with Gasteiger partial charge in [0, 0.05) is 34.7 Å². The molecule has 1 unspecified atom stereocenters. The second-order valence-electron chi connectivity index (χ2n) is 29.7. The molecule has 0 aromatic heterocycles. The molecule has 2 saturated carbocycles. The number of aliphatic hydroxyl groups excluding tert-OH is 18. The van der Waals surface area contributed by atoms with Gasteiger partial charge in [-0.3, -0.25) is 9.59 Å². The zero-order valence-corrected chi connectivity index (χ0v) is 55.3. The van der Waals surface area contributed by atoms with Crippen LogP contribution in [0.2, 0.25) is 0 Å². The van der Waals surface area contributed by atoms with Crippen LogP contribution in [0.4, 0.5) is 0 Å². The van der Waals surface area contributed by atoms with Crippen molar-refractivity contribution in [2.75, 3.05) is 39.6 Å². The molecule has 1 spiro atoms. The summed E-state index contributed by atoms with van der Waals surface area (Å²) in [6, 6.07) is 0. The minimum Gasteiger partial charge on any atom is -0.396 e. The van der Waals surface area contributed by atoms with Crippen LogP contribution in [0.15, 0.2) is 11.1 Å². The average molecular weight is 1400 g/mol. The number of hydrogen-bond donors (Lipinski definition) is 18. The van der Waals surface area contributed by atoms with Crippen molar-refractivity contribution in [2.45, 2.75) is 302 Å². The molecule has 97 heavy (non-hydrogen) atoms. The van der Waals surface area contributed by atoms with Gasteiger partial charge in [0.05, 0.1) is 57.5 Å². The van der Waals surface area contributed by atoms with Gasteiger partial charge in [0.15, 0.2) is 49.3 Å². The summed E-state index contributed by atoms with van der Waals surface area (Å²) in [5, 5.41) is 199. The van der Waals surface area contributed by atoms with Gasteiger partial charge in [-0.05, 0) is 69.1 Å². The molecule has 0 aromatic carbocycles. The number of carbonyl (C=O) groups is 2. The van der Waals surface area contributed by atoms with Crippen molar-refractivity contribution >= 4 is 11.6 Å². The van der Waals surface area contributed by atoms with E-state index in [1.54, 1.807) is 0 Å². The largest absolute Gasteiger partial charge is 0.396 e. The maximum Gasteiger partial charge on any atom is 0.187 e. The summed E-state index contributed by atoms with van der Waals surface area (Å²) in [4.78, 5) is 28.1. The number of Topliss-reactive ketones (excluding diaryl/α,β-unsaturated/α-hetero) is 2. The highest BCUT2D eigenvalue weighted by Crippen LogP contribution is 2.75. The smallest absolute Gasteiger partial charge is 0.187 e. The first-order chi connectivity index (χ1) is 45.7. The second-order valence-corrected chi connectivity index (χ2v) is 29.7. The Morgan fingerprint density at radius 3 is 1.70 bits per heavy atom. The van der Waals surface area contributed by atoms with Crippen molar-refractivity contribution in [1.29, 1.82) is 0 Å². The molecule has 4 aliphatic carbocycles. The molecular weight excluding hydrogens is 1300 g/mol. The number of allylic oxidation sites excluding steroid dienone is 2. The Morgan fingerprint density at radius 1 is 0.536 bits per heavy atom. The number of fused-ring (bicyclic) bond motifs is 5. The fraction of sp³-hybridized carbons (Fsp3) is 0.938. The van der Waals surface area contributed by atoms with Gasteiger partial charge in [0.1, 0.15) is 140 Å². The van der Waals surface area contributed by atoms with E-state index < -0.39 is 263 Å². The van der Waals surface area contributed by atoms with Crippen molar-refractivity contribution in [3.63, 3.8) is 0 Å². The second kappa shape index (κ2) is 29.1. The van der Waals surface area contributed by atoms with Crippen LogP contribution < -0.4 is 0 Å². The molecule has 7 heterocycles. The molecule has 0 radical (unpaired) electrons. The zero-order chi connectivity index (χ0) is 70.7. The van der Waals surface area contributed by atoms with E-state index in [-0.39, 0.29) is 23.9 Å². The van der Waals surface area contributed by atoms with Gasteiger partial charge in [0.25, 0.3) is 0 Å². The Hall–Kier alpha value is -2.16. The summed E-state index contributed by atoms with van der Waals surface area (Å²) < 4.78 is 78.5. The van der Waals surface area contributed by atoms with Crippen LogP contribution in [0.1, 0.15) is 106 Å². The first kappa shape index (κ1) is 76.0. The highest BCUT2D eigenvalue weighted by Gasteiger charge is 2.73. The van der Waals surface area contributed by atoms with Crippen molar-refractivity contribution < 1.29 is 163 Å². The maximum absolute atomic E-state index is 15.1. The Bertz CT molecular complexity index is 2770. The predicted molar refractivity (Wildman–Crippen MR) is 318 cm³/mol. The molecule has 9 fully saturated rings. The molecule has 0 amide bonds. The number of rotatable bonds is 19. The molecule has 18 N–H and O–H groups in total. The summed E-state index contributed by atoms with van der Waals surface area (Å²) in [5.41, 5.74) is -1.52. The molecular formula is C64H102O33. The van der Waals surface area contributed by atoms with Gasteiger partial charge < -0.3 is 153 Å². The first-order valence-electron chi connectivity index (χ1n) is 34.0. The summed E-state index contributed by atoms with van der Waals surface area (Å²) >= 11 is 0. The molecule has 11 rings (SSSR count). The van der Waals surface area contributed by atoms with E-state index in [0.29, 0.717) is 51.4 Å². The van der Waals surface area contributed by atoms with Crippen molar-refractivity contribution in [2.24, 2.45) is 33.5 Å². The van der Waals surface area contributed by atoms with E-state index in [1.807, 2.05) is 13.8 Å². The fourth-order valence-corrected chi connectivity index (χ4v) is 18.3. The topological polar surface area (TPSA) is 518 Å². The van der Waals surface area contributed by atoms with Gasteiger partial charge in [0.2, 0.25) is 0 Å². The van der Waals surface area contributed by atoms with Crippen molar-refractivity contribution in [3.8, 4) is 0 Å². The minimum atomic E-state index is -2.23. The van der Waals surface area contributed by atoms with Crippen LogP contribution in [0.5, 0.6) is 0 Å². The van der Waals surface area contributed by atoms with E-state index >= 15 is 4.79 Å². The summed E-state index contributed by atoms with van der Waals surface area (Å²) in [7, 11) is 0. The van der Waals surface area contributed by atoms with Crippen molar-refractivity contribution in [3.05, 3.63) is 11.1 Å². The number of aliphatic hydroxyl groups is 18. The Morgan fingerprint density at radius 2 is 1.07 bits per heavy atom. The quantitative estimate of drug-likeness (QED) is 0.0572. The number of ketones is 2. The van der Waals surface area contributed by atoms with Crippen LogP contribution in [0.3, 0.4) is 0 Å². The highest BCUT2D eigenvalue weighted by molar-refractivity contribution is 5.99. The molecule has 11 aliphatic rings. The minimum absolute atomic E-state index is 0.0379. The Labute approximate surface area is 559 Å². The van der Waals surface area contributed by atoms with E-state index in [9.17, 15) is 96.7 Å². The lowest BCUT2D eigenvalue weighted by Crippen LogP contribution is -2.68. The maximum atomic E-state index is 15.1. The zero-order valence-electron chi connectivity index (χ0n) is 55.3. The molecule has 33 nitrogen and oxygen atoms in total. The summed E-state index contributed by atoms with van der Waals surface area (Å²) in [6.07, 6.45) is -51.6. The third-order valence-electron chi connectivity index (χ3n) is 24.5. The lowest BCUT2D eigenvalue weighted by molar-refractivity contribution is -0.407. The highest BCUT2D eigenvalue weighted by atomic mass is 16.8. The van der Waals surface area contributed by atoms with E-state index in [1.165, 1.54) is 6.92 Å². The Balaban J connectivity index is 0.801. The lowest BCUT2D eigenvalue weighted by atomic mass is 9.42. The average Bonchev–Trinajstić information content (AvgIpc) is 1.59. The van der Waals surface area contributed by atoms with Gasteiger partial charge in [-0.2, -0.15) is 0 Å². The fourth-order valence-electron chi connectivity index (χ4n) is 18.3. The van der Waals surface area contributed by atoms with Gasteiger partial charge in [-0.15, -0.1) is 0 Å². The monoisotopic (exact) mass is 1400 g/mol. The third-order valence-corrected chi connectivity index (χ3v) is 24.5. The molecule has 0 bridgehead atoms. The number of ether oxygens (including phenoxy) is 13. The van der Waals surface area contributed by atoms with E-state index in [2.05, 4.69) is 27.7 Å². The predicted octanol–water partition coefficient (Wildman–Crippen LogP) is -6.61. The van der Waals surface area contributed by atoms with Crippen LogP contribution in [0, 0.1) is 33.5 Å². The molecule has 7 saturated heterocycles. The van der Waals surface area contributed by atoms with E-state index in [0.717, 1.165) is 11.1 Å². The van der Waals surface area contributed by atoms with Crippen molar-refractivity contribution in [1.82, 2.24) is 0 Å². The van der Waals surface area contributed by atoms with Crippen LogP contribution in [-0.2, 0) is 71.2 Å². The SMILES string of the molecule is CCC(=O)C1C[C@@H](C)[C@]2(CC[C@@]3(C)C4=C(CC[C@@]32C)[C@@]2(C)CC[C@H](O[C@@H]3O[C@H](CO[C@@H]5OC[C@H](O)[C@H](O)[C@H]5O[C@@H]5O[C@H](CO)[C@@H](O[C@@H]6O[C@H](CO)[C@@H](O)[C@H](O[C@@H]7O[C@H](CO)[C@H](O)[C@H](O)[C@H]7O)[C@H]6O)[C@H](O)[C@H]5O[C@@H]5O[C@@H](C)[C@H](O)[C@@H](O)[C@H]5O)[C@@H](O)[C@H](O)[C@H]3O)[C@](C)(CO)[C@@H]2CC4=O)O1. The lowest BCUT2D eigenvalue weighted by Gasteiger charge is -2.63. The van der Waals surface area contributed by atoms with Gasteiger partial charge in [-0.25, -0.2) is 0 Å². The van der Waals surface area contributed by atoms with E-state index in [4.69, 9.17) is 61.6 Å². The van der Waals surface area contributed by atoms with Crippen LogP contribution in [-0.4, -0.2) is 339 Å². The third kappa shape index (κ3) is 12.8. The summed E-state index contributed by atoms with van der Waals surface area (Å²) in [5.74, 6) is -0.359. The van der Waals surface area contributed by atoms with Gasteiger partial charge in [-0.1, -0.05) is 47.1 Å². The van der Waals surface area contributed by atoms with Crippen LogP contribution >= 0.6 is 0 Å². The number of hydrogen-bond acceptors (Lipinski definition) is 33. The normalized spacial score (nSPS) is 54.2. The Kier molecular flexibility index (Phi) is 22.8. The molecule has 33 heteroatoms. The van der Waals surface area contributed by atoms with Crippen LogP contribution in [0.25, 0.3) is 0 Å². The number of carbonyl (C=O) groups excluding carboxylic acids is 2. The summed E-state index contributed by atoms with van der Waals surface area (Å²) in [6.45, 7) is 8.85. The molecule has 38 atom stereocenters. The standard InChI is InChI=1S/C64H102O33/c1-8-26(69)29-15-23(2)64(97-29)14-13-62(6)36-25(9-12-63(62,64)7)60(4)11-10-35(61(5,22-68)34(60)16-27(36)70)92-55-46(81)44(79)40(75)33(91-55)21-86-58-52(38(73)28(71)20-85-58)96-59-53(95-54-45(80)42(77)37(72)24(3)87-54)48(83)50(32(19-67)90-59)93-57-49(84)51(41(76)31(18-66)89-57)94-56-47(82)43(78)39(74)30(17-65)88-56/h23-24,28-35,37-59,65-68,71-84H,8-22H2,1-7H3/t23-,24+,28+,29?,30-,31-,32-,33-,34-,35+,37+,38+,39+,40-,41-,42-,43+,44+,45-,46-,47-,48+,49-,50-,51+,52-,53-,54+,55+,56+,57+,58+,59+,60-,61-,62+,63+,64+/m1/s1. The molecule has 556 valence electrons. The molecule has 7 aliphatic heterocycles. The van der Waals surface area contributed by atoms with Gasteiger partial charge >= 0.3 is 0 Å². The molecule has 0 aromatic rings.